The molecule has 2 aromatic rings. The number of aryl methyl sites for hydroxylation is 2. The average Bonchev–Trinajstić information content (AvgIpc) is 3.03. The molecule has 6 nitrogen and oxygen atoms in total. The van der Waals surface area contributed by atoms with Gasteiger partial charge < -0.3 is 9.88 Å². The van der Waals surface area contributed by atoms with Crippen molar-refractivity contribution in [3.63, 3.8) is 0 Å². The van der Waals surface area contributed by atoms with Crippen molar-refractivity contribution in [1.29, 1.82) is 0 Å². The maximum absolute atomic E-state index is 12.1. The number of anilines is 1. The maximum Gasteiger partial charge on any atom is 0.235 e. The molecule has 22 heavy (non-hydrogen) atoms. The SMILES string of the molecule is CCn1ccnc1SCC(=O)Nc1cc(C(C)(C)C)nn1C. The Bertz CT molecular complexity index is 653. The summed E-state index contributed by atoms with van der Waals surface area (Å²) in [4.78, 5) is 16.4. The number of imidazole rings is 1. The number of hydrogen-bond donors (Lipinski definition) is 1. The van der Waals surface area contributed by atoms with Gasteiger partial charge in [0.25, 0.3) is 0 Å². The number of amides is 1. The Kier molecular flexibility index (Phi) is 4.95. The van der Waals surface area contributed by atoms with Crippen molar-refractivity contribution in [3.8, 4) is 0 Å². The molecule has 120 valence electrons. The van der Waals surface area contributed by atoms with Gasteiger partial charge in [0.2, 0.25) is 5.91 Å². The highest BCUT2D eigenvalue weighted by Crippen LogP contribution is 2.23. The minimum atomic E-state index is -0.0564. The molecule has 2 aromatic heterocycles. The van der Waals surface area contributed by atoms with Gasteiger partial charge in [-0.3, -0.25) is 9.48 Å². The molecule has 0 spiro atoms. The van der Waals surface area contributed by atoms with Gasteiger partial charge in [-0.2, -0.15) is 5.10 Å². The van der Waals surface area contributed by atoms with Gasteiger partial charge in [-0.25, -0.2) is 4.98 Å². The molecule has 1 amide bonds. The van der Waals surface area contributed by atoms with Gasteiger partial charge in [0.15, 0.2) is 5.16 Å². The van der Waals surface area contributed by atoms with Crippen LogP contribution in [0.2, 0.25) is 0 Å². The molecule has 2 rings (SSSR count). The lowest BCUT2D eigenvalue weighted by Crippen LogP contribution is -2.16. The van der Waals surface area contributed by atoms with Crippen LogP contribution >= 0.6 is 11.8 Å². The number of rotatable bonds is 5. The van der Waals surface area contributed by atoms with Crippen LogP contribution in [0.5, 0.6) is 0 Å². The maximum atomic E-state index is 12.1. The molecule has 2 heterocycles. The number of aromatic nitrogens is 4. The van der Waals surface area contributed by atoms with Gasteiger partial charge in [0.05, 0.1) is 11.4 Å². The van der Waals surface area contributed by atoms with Crippen molar-refractivity contribution in [2.45, 2.75) is 44.8 Å². The smallest absolute Gasteiger partial charge is 0.235 e. The fraction of sp³-hybridized carbons (Fsp3) is 0.533. The molecule has 0 atom stereocenters. The van der Waals surface area contributed by atoms with Crippen LogP contribution in [0.3, 0.4) is 0 Å². The number of thioether (sulfide) groups is 1. The quantitative estimate of drug-likeness (QED) is 0.860. The van der Waals surface area contributed by atoms with Crippen molar-refractivity contribution in [2.75, 3.05) is 11.1 Å². The Morgan fingerprint density at radius 3 is 2.73 bits per heavy atom. The topological polar surface area (TPSA) is 64.7 Å². The lowest BCUT2D eigenvalue weighted by Gasteiger charge is -2.13. The molecule has 0 radical (unpaired) electrons. The van der Waals surface area contributed by atoms with E-state index >= 15 is 0 Å². The molecule has 0 aliphatic rings. The molecule has 0 aliphatic carbocycles. The van der Waals surface area contributed by atoms with Crippen LogP contribution in [0.4, 0.5) is 5.82 Å². The van der Waals surface area contributed by atoms with E-state index in [0.29, 0.717) is 11.6 Å². The highest BCUT2D eigenvalue weighted by Gasteiger charge is 2.19. The van der Waals surface area contributed by atoms with Crippen LogP contribution in [0.25, 0.3) is 0 Å². The third kappa shape index (κ3) is 3.91. The van der Waals surface area contributed by atoms with E-state index in [0.717, 1.165) is 17.4 Å². The first-order chi connectivity index (χ1) is 10.3. The first kappa shape index (κ1) is 16.6. The minimum Gasteiger partial charge on any atom is -0.326 e. The molecular formula is C15H23N5OS. The molecule has 0 saturated heterocycles. The molecular weight excluding hydrogens is 298 g/mol. The van der Waals surface area contributed by atoms with Gasteiger partial charge in [0.1, 0.15) is 5.82 Å². The van der Waals surface area contributed by atoms with Crippen molar-refractivity contribution < 1.29 is 4.79 Å². The molecule has 0 fully saturated rings. The largest absolute Gasteiger partial charge is 0.326 e. The second-order valence-corrected chi connectivity index (χ2v) is 7.06. The zero-order valence-corrected chi connectivity index (χ0v) is 14.6. The summed E-state index contributed by atoms with van der Waals surface area (Å²) >= 11 is 1.43. The van der Waals surface area contributed by atoms with Gasteiger partial charge in [-0.15, -0.1) is 0 Å². The van der Waals surface area contributed by atoms with Gasteiger partial charge in [0, 0.05) is 37.5 Å². The van der Waals surface area contributed by atoms with Gasteiger partial charge in [-0.1, -0.05) is 32.5 Å². The summed E-state index contributed by atoms with van der Waals surface area (Å²) in [5, 5.41) is 8.22. The van der Waals surface area contributed by atoms with Crippen molar-refractivity contribution >= 4 is 23.5 Å². The monoisotopic (exact) mass is 321 g/mol. The predicted octanol–water partition coefficient (Wildman–Crippen LogP) is 2.66. The summed E-state index contributed by atoms with van der Waals surface area (Å²) < 4.78 is 3.72. The molecule has 7 heteroatoms. The van der Waals surface area contributed by atoms with Crippen LogP contribution < -0.4 is 5.32 Å². The van der Waals surface area contributed by atoms with E-state index < -0.39 is 0 Å². The fourth-order valence-corrected chi connectivity index (χ4v) is 2.76. The standard InChI is InChI=1S/C15H23N5OS/c1-6-20-8-7-16-14(20)22-10-13(21)17-12-9-11(15(2,3)4)18-19(12)5/h7-9H,6,10H2,1-5H3,(H,17,21). The number of hydrogen-bond acceptors (Lipinski definition) is 4. The van der Waals surface area contributed by atoms with E-state index in [2.05, 4.69) is 43.1 Å². The summed E-state index contributed by atoms with van der Waals surface area (Å²) in [5.74, 6) is 0.987. The van der Waals surface area contributed by atoms with E-state index in [4.69, 9.17) is 0 Å². The number of nitrogens with zero attached hydrogens (tertiary/aromatic N) is 4. The second kappa shape index (κ2) is 6.56. The lowest BCUT2D eigenvalue weighted by atomic mass is 9.92. The van der Waals surface area contributed by atoms with Crippen LogP contribution in [-0.4, -0.2) is 31.0 Å². The number of nitrogens with one attached hydrogen (secondary N) is 1. The van der Waals surface area contributed by atoms with Crippen LogP contribution in [0, 0.1) is 0 Å². The highest BCUT2D eigenvalue weighted by atomic mass is 32.2. The number of carbonyl (C=O) groups excluding carboxylic acids is 1. The Labute approximate surface area is 135 Å². The first-order valence-electron chi connectivity index (χ1n) is 7.29. The zero-order valence-electron chi connectivity index (χ0n) is 13.8. The summed E-state index contributed by atoms with van der Waals surface area (Å²) in [6, 6.07) is 1.93. The third-order valence-electron chi connectivity index (χ3n) is 3.27. The Morgan fingerprint density at radius 1 is 1.41 bits per heavy atom. The van der Waals surface area contributed by atoms with E-state index in [1.807, 2.05) is 23.9 Å². The van der Waals surface area contributed by atoms with Crippen molar-refractivity contribution in [3.05, 3.63) is 24.2 Å². The van der Waals surface area contributed by atoms with E-state index in [1.54, 1.807) is 10.9 Å². The molecule has 0 bridgehead atoms. The van der Waals surface area contributed by atoms with E-state index in [-0.39, 0.29) is 11.3 Å². The van der Waals surface area contributed by atoms with Crippen LogP contribution in [-0.2, 0) is 23.8 Å². The van der Waals surface area contributed by atoms with Crippen molar-refractivity contribution in [2.24, 2.45) is 7.05 Å². The van der Waals surface area contributed by atoms with Gasteiger partial charge >= 0.3 is 0 Å². The fourth-order valence-electron chi connectivity index (χ4n) is 1.94. The van der Waals surface area contributed by atoms with Crippen molar-refractivity contribution in [1.82, 2.24) is 19.3 Å². The lowest BCUT2D eigenvalue weighted by molar-refractivity contribution is -0.113. The van der Waals surface area contributed by atoms with E-state index in [9.17, 15) is 4.79 Å². The van der Waals surface area contributed by atoms with E-state index in [1.165, 1.54) is 11.8 Å². The first-order valence-corrected chi connectivity index (χ1v) is 8.28. The average molecular weight is 321 g/mol. The zero-order chi connectivity index (χ0) is 16.3. The Hall–Kier alpha value is -1.76. The van der Waals surface area contributed by atoms with Crippen LogP contribution in [0.15, 0.2) is 23.6 Å². The molecule has 1 N–H and O–H groups in total. The normalized spacial score (nSPS) is 11.7. The van der Waals surface area contributed by atoms with Crippen LogP contribution in [0.1, 0.15) is 33.4 Å². The Balaban J connectivity index is 1.96. The third-order valence-corrected chi connectivity index (χ3v) is 4.27. The highest BCUT2D eigenvalue weighted by molar-refractivity contribution is 7.99. The van der Waals surface area contributed by atoms with Gasteiger partial charge in [-0.05, 0) is 6.92 Å². The summed E-state index contributed by atoms with van der Waals surface area (Å²) in [5.41, 5.74) is 0.918. The summed E-state index contributed by atoms with van der Waals surface area (Å²) in [6.45, 7) is 9.19. The summed E-state index contributed by atoms with van der Waals surface area (Å²) in [7, 11) is 1.84. The predicted molar refractivity (Wildman–Crippen MR) is 89.2 cm³/mol. The second-order valence-electron chi connectivity index (χ2n) is 6.12. The molecule has 0 aliphatic heterocycles. The summed E-state index contributed by atoms with van der Waals surface area (Å²) in [6.07, 6.45) is 3.66. The molecule has 0 unspecified atom stereocenters. The Morgan fingerprint density at radius 2 is 2.14 bits per heavy atom. The minimum absolute atomic E-state index is 0.0403. The number of carbonyl (C=O) groups is 1. The molecule has 0 saturated carbocycles. The molecule has 0 aromatic carbocycles.